The summed E-state index contributed by atoms with van der Waals surface area (Å²) in [5, 5.41) is 0.754. The van der Waals surface area contributed by atoms with Gasteiger partial charge in [0, 0.05) is 37.6 Å². The Morgan fingerprint density at radius 1 is 1.00 bits per heavy atom. The SMILES string of the molecule is Cc1ccc(C(C(=O)CCCc2ccc(Cl)cc2)N2CCN(C)CC2)cc1. The Labute approximate surface area is 167 Å². The van der Waals surface area contributed by atoms with Crippen LogP contribution in [-0.4, -0.2) is 48.8 Å². The molecule has 0 N–H and O–H groups in total. The van der Waals surface area contributed by atoms with Gasteiger partial charge in [-0.05, 0) is 50.1 Å². The Bertz CT molecular complexity index is 734. The Hall–Kier alpha value is -1.68. The van der Waals surface area contributed by atoms with E-state index in [2.05, 4.69) is 48.0 Å². The van der Waals surface area contributed by atoms with Crippen LogP contribution in [0, 0.1) is 6.92 Å². The van der Waals surface area contributed by atoms with Crippen molar-refractivity contribution in [2.45, 2.75) is 32.2 Å². The fourth-order valence-electron chi connectivity index (χ4n) is 3.68. The summed E-state index contributed by atoms with van der Waals surface area (Å²) in [6.45, 7) is 6.00. The molecule has 0 aromatic heterocycles. The van der Waals surface area contributed by atoms with E-state index >= 15 is 0 Å². The normalized spacial score (nSPS) is 17.0. The van der Waals surface area contributed by atoms with Crippen molar-refractivity contribution in [1.29, 1.82) is 0 Å². The highest BCUT2D eigenvalue weighted by atomic mass is 35.5. The lowest BCUT2D eigenvalue weighted by atomic mass is 9.95. The third-order valence-electron chi connectivity index (χ3n) is 5.40. The molecule has 1 aliphatic heterocycles. The number of piperazine rings is 1. The van der Waals surface area contributed by atoms with Crippen molar-refractivity contribution in [1.82, 2.24) is 9.80 Å². The van der Waals surface area contributed by atoms with E-state index in [0.717, 1.165) is 49.6 Å². The highest BCUT2D eigenvalue weighted by Crippen LogP contribution is 2.26. The molecule has 3 rings (SSSR count). The lowest BCUT2D eigenvalue weighted by Gasteiger charge is -2.37. The summed E-state index contributed by atoms with van der Waals surface area (Å²) in [5.74, 6) is 0.331. The van der Waals surface area contributed by atoms with Crippen LogP contribution in [0.25, 0.3) is 0 Å². The fraction of sp³-hybridized carbons (Fsp3) is 0.435. The Morgan fingerprint density at radius 3 is 2.26 bits per heavy atom. The Balaban J connectivity index is 1.66. The fourth-order valence-corrected chi connectivity index (χ4v) is 3.81. The number of nitrogens with zero attached hydrogens (tertiary/aromatic N) is 2. The third-order valence-corrected chi connectivity index (χ3v) is 5.65. The molecule has 4 heteroatoms. The number of hydrogen-bond donors (Lipinski definition) is 0. The van der Waals surface area contributed by atoms with Crippen LogP contribution in [-0.2, 0) is 11.2 Å². The van der Waals surface area contributed by atoms with E-state index < -0.39 is 0 Å². The summed E-state index contributed by atoms with van der Waals surface area (Å²) >= 11 is 5.95. The van der Waals surface area contributed by atoms with Gasteiger partial charge in [0.05, 0.1) is 6.04 Å². The maximum atomic E-state index is 13.2. The van der Waals surface area contributed by atoms with Crippen molar-refractivity contribution in [2.24, 2.45) is 0 Å². The summed E-state index contributed by atoms with van der Waals surface area (Å²) in [5.41, 5.74) is 3.59. The zero-order valence-electron chi connectivity index (χ0n) is 16.3. The van der Waals surface area contributed by atoms with E-state index in [0.29, 0.717) is 12.2 Å². The molecule has 0 amide bonds. The van der Waals surface area contributed by atoms with E-state index in [1.165, 1.54) is 11.1 Å². The van der Waals surface area contributed by atoms with Gasteiger partial charge in [0.25, 0.3) is 0 Å². The van der Waals surface area contributed by atoms with Gasteiger partial charge in [0.1, 0.15) is 0 Å². The first kappa shape index (κ1) is 20.1. The van der Waals surface area contributed by atoms with Crippen LogP contribution >= 0.6 is 11.6 Å². The van der Waals surface area contributed by atoms with Gasteiger partial charge in [0.2, 0.25) is 0 Å². The van der Waals surface area contributed by atoms with E-state index in [4.69, 9.17) is 11.6 Å². The number of rotatable bonds is 7. The van der Waals surface area contributed by atoms with Gasteiger partial charge < -0.3 is 4.90 Å². The Morgan fingerprint density at radius 2 is 1.63 bits per heavy atom. The van der Waals surface area contributed by atoms with Crippen LogP contribution in [0.5, 0.6) is 0 Å². The predicted octanol–water partition coefficient (Wildman–Crippen LogP) is 4.53. The van der Waals surface area contributed by atoms with E-state index in [9.17, 15) is 4.79 Å². The highest BCUT2D eigenvalue weighted by molar-refractivity contribution is 6.30. The summed E-state index contributed by atoms with van der Waals surface area (Å²) in [7, 11) is 2.15. The minimum atomic E-state index is -0.121. The number of Topliss-reactive ketones (excluding diaryl/α,β-unsaturated/α-hetero) is 1. The number of carbonyl (C=O) groups excluding carboxylic acids is 1. The molecule has 27 heavy (non-hydrogen) atoms. The molecule has 1 saturated heterocycles. The maximum absolute atomic E-state index is 13.2. The zero-order chi connectivity index (χ0) is 19.2. The molecule has 2 aromatic carbocycles. The first-order valence-corrected chi connectivity index (χ1v) is 10.2. The van der Waals surface area contributed by atoms with E-state index in [1.807, 2.05) is 24.3 Å². The second kappa shape index (κ2) is 9.50. The second-order valence-electron chi connectivity index (χ2n) is 7.60. The number of likely N-dealkylation sites (N-methyl/N-ethyl adjacent to an activating group) is 1. The molecule has 1 heterocycles. The van der Waals surface area contributed by atoms with Gasteiger partial charge in [-0.25, -0.2) is 0 Å². The minimum absolute atomic E-state index is 0.121. The van der Waals surface area contributed by atoms with Crippen molar-refractivity contribution in [2.75, 3.05) is 33.2 Å². The summed E-state index contributed by atoms with van der Waals surface area (Å²) < 4.78 is 0. The van der Waals surface area contributed by atoms with Crippen molar-refractivity contribution in [3.05, 3.63) is 70.2 Å². The molecule has 0 aliphatic carbocycles. The largest absolute Gasteiger partial charge is 0.304 e. The molecule has 1 atom stereocenters. The van der Waals surface area contributed by atoms with Crippen LogP contribution < -0.4 is 0 Å². The van der Waals surface area contributed by atoms with E-state index in [1.54, 1.807) is 0 Å². The van der Waals surface area contributed by atoms with Gasteiger partial charge >= 0.3 is 0 Å². The molecule has 0 spiro atoms. The molecule has 1 unspecified atom stereocenters. The average molecular weight is 385 g/mol. The molecule has 1 aliphatic rings. The predicted molar refractivity (Wildman–Crippen MR) is 112 cm³/mol. The minimum Gasteiger partial charge on any atom is -0.304 e. The summed E-state index contributed by atoms with van der Waals surface area (Å²) in [6, 6.07) is 16.3. The number of hydrogen-bond acceptors (Lipinski definition) is 3. The third kappa shape index (κ3) is 5.65. The van der Waals surface area contributed by atoms with Crippen LogP contribution in [0.15, 0.2) is 48.5 Å². The first-order chi connectivity index (χ1) is 13.0. The zero-order valence-corrected chi connectivity index (χ0v) is 17.1. The van der Waals surface area contributed by atoms with Crippen LogP contribution in [0.2, 0.25) is 5.02 Å². The topological polar surface area (TPSA) is 23.6 Å². The van der Waals surface area contributed by atoms with Gasteiger partial charge in [-0.3, -0.25) is 9.69 Å². The second-order valence-corrected chi connectivity index (χ2v) is 8.04. The van der Waals surface area contributed by atoms with E-state index in [-0.39, 0.29) is 6.04 Å². The lowest BCUT2D eigenvalue weighted by molar-refractivity contribution is -0.125. The lowest BCUT2D eigenvalue weighted by Crippen LogP contribution is -2.47. The van der Waals surface area contributed by atoms with Gasteiger partial charge in [-0.1, -0.05) is 53.6 Å². The standard InChI is InChI=1S/C23H29ClN2O/c1-18-6-10-20(11-7-18)23(26-16-14-25(2)15-17-26)22(27)5-3-4-19-8-12-21(24)13-9-19/h6-13,23H,3-5,14-17H2,1-2H3. The van der Waals surface area contributed by atoms with Crippen molar-refractivity contribution >= 4 is 17.4 Å². The number of benzene rings is 2. The van der Waals surface area contributed by atoms with Crippen LogP contribution in [0.4, 0.5) is 0 Å². The number of halogens is 1. The molecular formula is C23H29ClN2O. The molecule has 0 radical (unpaired) electrons. The number of ketones is 1. The number of aryl methyl sites for hydroxylation is 2. The Kier molecular flexibility index (Phi) is 7.06. The molecule has 0 bridgehead atoms. The maximum Gasteiger partial charge on any atom is 0.154 e. The van der Waals surface area contributed by atoms with Crippen molar-refractivity contribution in [3.8, 4) is 0 Å². The van der Waals surface area contributed by atoms with Crippen LogP contribution in [0.1, 0.15) is 35.6 Å². The summed E-state index contributed by atoms with van der Waals surface area (Å²) in [6.07, 6.45) is 2.39. The average Bonchev–Trinajstić information content (AvgIpc) is 2.67. The first-order valence-electron chi connectivity index (χ1n) is 9.79. The monoisotopic (exact) mass is 384 g/mol. The molecule has 1 fully saturated rings. The summed E-state index contributed by atoms with van der Waals surface area (Å²) in [4.78, 5) is 17.9. The smallest absolute Gasteiger partial charge is 0.154 e. The highest BCUT2D eigenvalue weighted by Gasteiger charge is 2.29. The number of carbonyl (C=O) groups is 1. The van der Waals surface area contributed by atoms with Gasteiger partial charge in [-0.15, -0.1) is 0 Å². The van der Waals surface area contributed by atoms with Crippen molar-refractivity contribution < 1.29 is 4.79 Å². The quantitative estimate of drug-likeness (QED) is 0.700. The van der Waals surface area contributed by atoms with Gasteiger partial charge in [-0.2, -0.15) is 0 Å². The molecular weight excluding hydrogens is 356 g/mol. The van der Waals surface area contributed by atoms with Crippen LogP contribution in [0.3, 0.4) is 0 Å². The molecule has 0 saturated carbocycles. The van der Waals surface area contributed by atoms with Crippen molar-refractivity contribution in [3.63, 3.8) is 0 Å². The molecule has 2 aromatic rings. The molecule has 3 nitrogen and oxygen atoms in total. The molecule has 144 valence electrons. The van der Waals surface area contributed by atoms with Gasteiger partial charge in [0.15, 0.2) is 5.78 Å².